The van der Waals surface area contributed by atoms with Gasteiger partial charge in [-0.1, -0.05) is 22.9 Å². The molecule has 1 saturated heterocycles. The van der Waals surface area contributed by atoms with Crippen molar-refractivity contribution in [3.8, 4) is 16.4 Å². The summed E-state index contributed by atoms with van der Waals surface area (Å²) in [6.07, 6.45) is 0. The fourth-order valence-electron chi connectivity index (χ4n) is 2.99. The summed E-state index contributed by atoms with van der Waals surface area (Å²) in [6, 6.07) is 7.45. The summed E-state index contributed by atoms with van der Waals surface area (Å²) in [5, 5.41) is 9.92. The Bertz CT molecular complexity index is 994. The first-order chi connectivity index (χ1) is 13.0. The molecular weight excluding hydrogens is 402 g/mol. The molecule has 2 aromatic heterocycles. The Hall–Kier alpha value is -1.90. The molecule has 1 fully saturated rings. The van der Waals surface area contributed by atoms with Crippen LogP contribution in [0.5, 0.6) is 0 Å². The van der Waals surface area contributed by atoms with E-state index in [-0.39, 0.29) is 5.91 Å². The van der Waals surface area contributed by atoms with E-state index < -0.39 is 0 Å². The fourth-order valence-corrected chi connectivity index (χ4v) is 5.14. The second-order valence-corrected chi connectivity index (χ2v) is 8.91. The van der Waals surface area contributed by atoms with Crippen molar-refractivity contribution >= 4 is 40.6 Å². The molecule has 0 aliphatic carbocycles. The largest absolute Gasteiger partial charge is 0.336 e. The average Bonchev–Trinajstić information content (AvgIpc) is 3.24. The van der Waals surface area contributed by atoms with Crippen LogP contribution in [0, 0.1) is 13.8 Å². The molecule has 1 aliphatic heterocycles. The molecule has 6 nitrogen and oxygen atoms in total. The molecule has 27 heavy (non-hydrogen) atoms. The zero-order chi connectivity index (χ0) is 19.0. The lowest BCUT2D eigenvalue weighted by Gasteiger charge is -2.25. The Labute approximate surface area is 170 Å². The first-order valence-electron chi connectivity index (χ1n) is 8.57. The summed E-state index contributed by atoms with van der Waals surface area (Å²) in [7, 11) is 0. The van der Waals surface area contributed by atoms with Gasteiger partial charge in [-0.2, -0.15) is 11.8 Å². The van der Waals surface area contributed by atoms with E-state index in [1.54, 1.807) is 4.68 Å². The Morgan fingerprint density at radius 2 is 2.00 bits per heavy atom. The van der Waals surface area contributed by atoms with Crippen LogP contribution >= 0.6 is 34.7 Å². The van der Waals surface area contributed by atoms with Crippen LogP contribution in [0.4, 0.5) is 0 Å². The maximum absolute atomic E-state index is 12.8. The van der Waals surface area contributed by atoms with E-state index in [2.05, 4.69) is 15.3 Å². The summed E-state index contributed by atoms with van der Waals surface area (Å²) in [5.74, 6) is 2.05. The highest BCUT2D eigenvalue weighted by atomic mass is 35.5. The maximum atomic E-state index is 12.8. The third kappa shape index (κ3) is 3.61. The Morgan fingerprint density at radius 3 is 2.74 bits per heavy atom. The van der Waals surface area contributed by atoms with Gasteiger partial charge >= 0.3 is 0 Å². The molecule has 4 rings (SSSR count). The molecule has 9 heteroatoms. The predicted octanol–water partition coefficient (Wildman–Crippen LogP) is 3.85. The highest BCUT2D eigenvalue weighted by Gasteiger charge is 2.25. The normalized spacial score (nSPS) is 14.6. The van der Waals surface area contributed by atoms with Gasteiger partial charge < -0.3 is 4.90 Å². The second-order valence-electron chi connectivity index (χ2n) is 6.25. The van der Waals surface area contributed by atoms with Crippen molar-refractivity contribution in [1.82, 2.24) is 24.9 Å². The highest BCUT2D eigenvalue weighted by Crippen LogP contribution is 2.31. The molecule has 0 radical (unpaired) electrons. The first-order valence-corrected chi connectivity index (χ1v) is 10.9. The van der Waals surface area contributed by atoms with E-state index in [1.165, 1.54) is 11.3 Å². The van der Waals surface area contributed by atoms with Crippen LogP contribution in [0.15, 0.2) is 24.3 Å². The number of nitrogens with zero attached hydrogens (tertiary/aromatic N) is 5. The topological polar surface area (TPSA) is 63.9 Å². The van der Waals surface area contributed by atoms with Gasteiger partial charge in [-0.3, -0.25) is 4.79 Å². The van der Waals surface area contributed by atoms with Gasteiger partial charge in [-0.15, -0.1) is 16.4 Å². The Balaban J connectivity index is 1.66. The quantitative estimate of drug-likeness (QED) is 0.645. The molecule has 1 amide bonds. The molecule has 0 N–H and O–H groups in total. The minimum Gasteiger partial charge on any atom is -0.336 e. The molecule has 0 atom stereocenters. The van der Waals surface area contributed by atoms with E-state index in [0.29, 0.717) is 20.6 Å². The lowest BCUT2D eigenvalue weighted by Crippen LogP contribution is -2.37. The molecule has 3 heterocycles. The third-order valence-electron chi connectivity index (χ3n) is 4.44. The highest BCUT2D eigenvalue weighted by molar-refractivity contribution is 7.99. The number of halogens is 1. The number of thioether (sulfide) groups is 1. The van der Waals surface area contributed by atoms with Crippen LogP contribution in [-0.2, 0) is 0 Å². The van der Waals surface area contributed by atoms with Crippen LogP contribution in [0.25, 0.3) is 16.4 Å². The molecule has 1 aliphatic rings. The van der Waals surface area contributed by atoms with Crippen molar-refractivity contribution in [2.24, 2.45) is 0 Å². The zero-order valence-corrected chi connectivity index (χ0v) is 17.4. The van der Waals surface area contributed by atoms with Crippen LogP contribution < -0.4 is 0 Å². The number of carbonyl (C=O) groups excluding carboxylic acids is 1. The molecule has 0 spiro atoms. The minimum atomic E-state index is 0.0661. The lowest BCUT2D eigenvalue weighted by molar-refractivity contribution is 0.0776. The SMILES string of the molecule is Cc1nc(-c2nnn(-c3cccc(Cl)c3)c2C)sc1C(=O)N1CCSCC1. The summed E-state index contributed by atoms with van der Waals surface area (Å²) in [5.41, 5.74) is 3.14. The second kappa shape index (κ2) is 7.61. The van der Waals surface area contributed by atoms with Gasteiger partial charge in [0.05, 0.1) is 17.1 Å². The van der Waals surface area contributed by atoms with Crippen molar-refractivity contribution in [3.05, 3.63) is 45.6 Å². The smallest absolute Gasteiger partial charge is 0.265 e. The van der Waals surface area contributed by atoms with Crippen LogP contribution in [0.1, 0.15) is 21.1 Å². The number of thiazole rings is 1. The Kier molecular flexibility index (Phi) is 5.21. The molecular formula is C18H18ClN5OS2. The van der Waals surface area contributed by atoms with Gasteiger partial charge in [0.2, 0.25) is 0 Å². The van der Waals surface area contributed by atoms with Crippen LogP contribution in [0.3, 0.4) is 0 Å². The number of rotatable bonds is 3. The van der Waals surface area contributed by atoms with Crippen molar-refractivity contribution in [1.29, 1.82) is 0 Å². The standard InChI is InChI=1S/C18H18ClN5OS2/c1-11-16(18(25)23-6-8-26-9-7-23)27-17(20-11)15-12(2)24(22-21-15)14-5-3-4-13(19)10-14/h3-5,10H,6-9H2,1-2H3. The van der Waals surface area contributed by atoms with E-state index in [9.17, 15) is 4.79 Å². The fraction of sp³-hybridized carbons (Fsp3) is 0.333. The van der Waals surface area contributed by atoms with Crippen molar-refractivity contribution in [2.45, 2.75) is 13.8 Å². The first kappa shape index (κ1) is 18.5. The number of hydrogen-bond acceptors (Lipinski definition) is 6. The number of benzene rings is 1. The van der Waals surface area contributed by atoms with Gasteiger partial charge in [-0.05, 0) is 32.0 Å². The molecule has 0 bridgehead atoms. The van der Waals surface area contributed by atoms with Crippen molar-refractivity contribution < 1.29 is 4.79 Å². The number of aromatic nitrogens is 4. The molecule has 140 valence electrons. The average molecular weight is 420 g/mol. The van der Waals surface area contributed by atoms with E-state index in [4.69, 9.17) is 11.6 Å². The molecule has 1 aromatic carbocycles. The van der Waals surface area contributed by atoms with Crippen molar-refractivity contribution in [3.63, 3.8) is 0 Å². The van der Waals surface area contributed by atoms with Gasteiger partial charge in [0.25, 0.3) is 5.91 Å². The lowest BCUT2D eigenvalue weighted by atomic mass is 10.3. The monoisotopic (exact) mass is 419 g/mol. The van der Waals surface area contributed by atoms with Crippen LogP contribution in [0.2, 0.25) is 5.02 Å². The Morgan fingerprint density at radius 1 is 1.22 bits per heavy atom. The summed E-state index contributed by atoms with van der Waals surface area (Å²) >= 11 is 9.36. The number of amides is 1. The summed E-state index contributed by atoms with van der Waals surface area (Å²) in [6.45, 7) is 5.40. The van der Waals surface area contributed by atoms with Gasteiger partial charge in [0.15, 0.2) is 0 Å². The third-order valence-corrected chi connectivity index (χ3v) is 6.77. The number of carbonyl (C=O) groups is 1. The molecule has 0 unspecified atom stereocenters. The van der Waals surface area contributed by atoms with Crippen LogP contribution in [-0.4, -0.2) is 55.4 Å². The van der Waals surface area contributed by atoms with E-state index >= 15 is 0 Å². The van der Waals surface area contributed by atoms with E-state index in [0.717, 1.165) is 41.7 Å². The maximum Gasteiger partial charge on any atom is 0.265 e. The van der Waals surface area contributed by atoms with Gasteiger partial charge in [0, 0.05) is 29.6 Å². The summed E-state index contributed by atoms with van der Waals surface area (Å²) < 4.78 is 1.74. The van der Waals surface area contributed by atoms with E-state index in [1.807, 2.05) is 54.8 Å². The number of aryl methyl sites for hydroxylation is 1. The molecule has 0 saturated carbocycles. The zero-order valence-electron chi connectivity index (χ0n) is 15.0. The predicted molar refractivity (Wildman–Crippen MR) is 110 cm³/mol. The molecule has 3 aromatic rings. The van der Waals surface area contributed by atoms with Gasteiger partial charge in [0.1, 0.15) is 15.6 Å². The minimum absolute atomic E-state index is 0.0661. The van der Waals surface area contributed by atoms with Crippen molar-refractivity contribution in [2.75, 3.05) is 24.6 Å². The van der Waals surface area contributed by atoms with Gasteiger partial charge in [-0.25, -0.2) is 9.67 Å². The summed E-state index contributed by atoms with van der Waals surface area (Å²) in [4.78, 5) is 20.1. The number of hydrogen-bond donors (Lipinski definition) is 0.